The molecule has 0 amide bonds. The standard InChI is InChI=1S/C9H15N3/c10-5-1-2-9-11-6-8(12-9)7-3-4-7/h6-7H,1-5,10H2,(H,11,12). The van der Waals surface area contributed by atoms with Gasteiger partial charge in [-0.1, -0.05) is 0 Å². The summed E-state index contributed by atoms with van der Waals surface area (Å²) in [4.78, 5) is 7.65. The molecule has 1 heterocycles. The highest BCUT2D eigenvalue weighted by atomic mass is 14.9. The maximum absolute atomic E-state index is 5.41. The summed E-state index contributed by atoms with van der Waals surface area (Å²) in [6.45, 7) is 0.749. The molecule has 0 aromatic carbocycles. The predicted molar refractivity (Wildman–Crippen MR) is 47.9 cm³/mol. The summed E-state index contributed by atoms with van der Waals surface area (Å²) in [6, 6.07) is 0. The van der Waals surface area contributed by atoms with E-state index in [1.807, 2.05) is 6.20 Å². The van der Waals surface area contributed by atoms with Crippen LogP contribution >= 0.6 is 0 Å². The predicted octanol–water partition coefficient (Wildman–Crippen LogP) is 1.18. The lowest BCUT2D eigenvalue weighted by atomic mass is 10.3. The molecule has 0 saturated heterocycles. The van der Waals surface area contributed by atoms with Crippen molar-refractivity contribution in [2.45, 2.75) is 31.6 Å². The number of aryl methyl sites for hydroxylation is 1. The molecule has 3 N–H and O–H groups in total. The number of nitrogens with one attached hydrogen (secondary N) is 1. The summed E-state index contributed by atoms with van der Waals surface area (Å²) >= 11 is 0. The van der Waals surface area contributed by atoms with Crippen molar-refractivity contribution in [3.05, 3.63) is 17.7 Å². The van der Waals surface area contributed by atoms with E-state index >= 15 is 0 Å². The SMILES string of the molecule is NCCCc1ncc(C2CC2)[nH]1. The van der Waals surface area contributed by atoms with Crippen molar-refractivity contribution in [2.75, 3.05) is 6.54 Å². The molecule has 1 aliphatic carbocycles. The highest BCUT2D eigenvalue weighted by molar-refractivity contribution is 5.13. The summed E-state index contributed by atoms with van der Waals surface area (Å²) in [5, 5.41) is 0. The molecule has 1 fully saturated rings. The van der Waals surface area contributed by atoms with Crippen LogP contribution in [0.3, 0.4) is 0 Å². The second-order valence-electron chi connectivity index (χ2n) is 3.45. The molecule has 66 valence electrons. The summed E-state index contributed by atoms with van der Waals surface area (Å²) < 4.78 is 0. The van der Waals surface area contributed by atoms with E-state index in [0.717, 1.165) is 31.1 Å². The molecule has 2 rings (SSSR count). The lowest BCUT2D eigenvalue weighted by Crippen LogP contribution is -2.01. The molecule has 0 atom stereocenters. The Labute approximate surface area is 72.4 Å². The monoisotopic (exact) mass is 165 g/mol. The first-order chi connectivity index (χ1) is 5.90. The molecule has 0 bridgehead atoms. The van der Waals surface area contributed by atoms with Gasteiger partial charge in [0.25, 0.3) is 0 Å². The van der Waals surface area contributed by atoms with Crippen LogP contribution in [0.4, 0.5) is 0 Å². The first-order valence-corrected chi connectivity index (χ1v) is 4.64. The molecule has 1 saturated carbocycles. The third-order valence-corrected chi connectivity index (χ3v) is 2.28. The van der Waals surface area contributed by atoms with Crippen molar-refractivity contribution in [3.63, 3.8) is 0 Å². The van der Waals surface area contributed by atoms with Gasteiger partial charge in [0.1, 0.15) is 5.82 Å². The lowest BCUT2D eigenvalue weighted by Gasteiger charge is -1.93. The van der Waals surface area contributed by atoms with Gasteiger partial charge < -0.3 is 10.7 Å². The number of nitrogens with zero attached hydrogens (tertiary/aromatic N) is 1. The Hall–Kier alpha value is -0.830. The van der Waals surface area contributed by atoms with Gasteiger partial charge in [0.2, 0.25) is 0 Å². The van der Waals surface area contributed by atoms with Gasteiger partial charge in [-0.15, -0.1) is 0 Å². The highest BCUT2D eigenvalue weighted by Crippen LogP contribution is 2.38. The molecule has 1 aromatic rings. The minimum atomic E-state index is 0.749. The first-order valence-electron chi connectivity index (χ1n) is 4.64. The van der Waals surface area contributed by atoms with E-state index in [1.165, 1.54) is 18.5 Å². The number of hydrogen-bond donors (Lipinski definition) is 2. The van der Waals surface area contributed by atoms with Gasteiger partial charge in [-0.2, -0.15) is 0 Å². The van der Waals surface area contributed by atoms with Gasteiger partial charge in [-0.25, -0.2) is 4.98 Å². The van der Waals surface area contributed by atoms with Crippen LogP contribution in [0, 0.1) is 0 Å². The van der Waals surface area contributed by atoms with Gasteiger partial charge in [0.05, 0.1) is 0 Å². The number of hydrogen-bond acceptors (Lipinski definition) is 2. The summed E-state index contributed by atoms with van der Waals surface area (Å²) in [7, 11) is 0. The van der Waals surface area contributed by atoms with Gasteiger partial charge in [-0.3, -0.25) is 0 Å². The Kier molecular flexibility index (Phi) is 2.13. The quantitative estimate of drug-likeness (QED) is 0.703. The second kappa shape index (κ2) is 3.27. The fraction of sp³-hybridized carbons (Fsp3) is 0.667. The Morgan fingerprint density at radius 3 is 3.08 bits per heavy atom. The molecule has 3 heteroatoms. The minimum absolute atomic E-state index is 0.749. The van der Waals surface area contributed by atoms with Crippen molar-refractivity contribution in [2.24, 2.45) is 5.73 Å². The van der Waals surface area contributed by atoms with E-state index in [1.54, 1.807) is 0 Å². The Morgan fingerprint density at radius 1 is 1.58 bits per heavy atom. The zero-order chi connectivity index (χ0) is 8.39. The third-order valence-electron chi connectivity index (χ3n) is 2.28. The zero-order valence-corrected chi connectivity index (χ0v) is 7.21. The Morgan fingerprint density at radius 2 is 2.42 bits per heavy atom. The van der Waals surface area contributed by atoms with Crippen LogP contribution in [0.2, 0.25) is 0 Å². The molecular weight excluding hydrogens is 150 g/mol. The van der Waals surface area contributed by atoms with E-state index in [-0.39, 0.29) is 0 Å². The van der Waals surface area contributed by atoms with Gasteiger partial charge in [0, 0.05) is 24.2 Å². The largest absolute Gasteiger partial charge is 0.346 e. The van der Waals surface area contributed by atoms with Crippen molar-refractivity contribution < 1.29 is 0 Å². The number of nitrogens with two attached hydrogens (primary N) is 1. The molecule has 0 unspecified atom stereocenters. The van der Waals surface area contributed by atoms with Crippen LogP contribution < -0.4 is 5.73 Å². The van der Waals surface area contributed by atoms with Gasteiger partial charge >= 0.3 is 0 Å². The van der Waals surface area contributed by atoms with E-state index in [2.05, 4.69) is 9.97 Å². The normalized spacial score (nSPS) is 16.8. The Bertz CT molecular complexity index is 250. The van der Waals surface area contributed by atoms with E-state index in [0.29, 0.717) is 0 Å². The topological polar surface area (TPSA) is 54.7 Å². The van der Waals surface area contributed by atoms with E-state index in [9.17, 15) is 0 Å². The van der Waals surface area contributed by atoms with Crippen molar-refractivity contribution >= 4 is 0 Å². The maximum atomic E-state index is 5.41. The minimum Gasteiger partial charge on any atom is -0.346 e. The molecule has 12 heavy (non-hydrogen) atoms. The van der Waals surface area contributed by atoms with Crippen LogP contribution in [0.1, 0.15) is 36.7 Å². The van der Waals surface area contributed by atoms with Crippen LogP contribution in [-0.4, -0.2) is 16.5 Å². The second-order valence-corrected chi connectivity index (χ2v) is 3.45. The number of aromatic nitrogens is 2. The number of aromatic amines is 1. The van der Waals surface area contributed by atoms with Crippen molar-refractivity contribution in [3.8, 4) is 0 Å². The van der Waals surface area contributed by atoms with Crippen molar-refractivity contribution in [1.82, 2.24) is 9.97 Å². The summed E-state index contributed by atoms with van der Waals surface area (Å²) in [5.74, 6) is 1.88. The molecule has 0 aliphatic heterocycles. The molecule has 1 aromatic heterocycles. The highest BCUT2D eigenvalue weighted by Gasteiger charge is 2.25. The average molecular weight is 165 g/mol. The molecule has 0 radical (unpaired) electrons. The van der Waals surface area contributed by atoms with Gasteiger partial charge in [-0.05, 0) is 25.8 Å². The molecular formula is C9H15N3. The average Bonchev–Trinajstić information content (AvgIpc) is 2.83. The maximum Gasteiger partial charge on any atom is 0.106 e. The summed E-state index contributed by atoms with van der Waals surface area (Å²) in [6.07, 6.45) is 6.65. The molecule has 1 aliphatic rings. The smallest absolute Gasteiger partial charge is 0.106 e. The fourth-order valence-electron chi connectivity index (χ4n) is 1.38. The van der Waals surface area contributed by atoms with Crippen molar-refractivity contribution in [1.29, 1.82) is 0 Å². The molecule has 0 spiro atoms. The zero-order valence-electron chi connectivity index (χ0n) is 7.21. The third kappa shape index (κ3) is 1.67. The van der Waals surface area contributed by atoms with Crippen LogP contribution in [0.5, 0.6) is 0 Å². The van der Waals surface area contributed by atoms with Gasteiger partial charge in [0.15, 0.2) is 0 Å². The number of H-pyrrole nitrogens is 1. The summed E-state index contributed by atoms with van der Waals surface area (Å²) in [5.41, 5.74) is 6.73. The lowest BCUT2D eigenvalue weighted by molar-refractivity contribution is 0.790. The van der Waals surface area contributed by atoms with Crippen LogP contribution in [0.25, 0.3) is 0 Å². The van der Waals surface area contributed by atoms with Crippen LogP contribution in [0.15, 0.2) is 6.20 Å². The van der Waals surface area contributed by atoms with Crippen LogP contribution in [-0.2, 0) is 6.42 Å². The number of rotatable bonds is 4. The van der Waals surface area contributed by atoms with E-state index in [4.69, 9.17) is 5.73 Å². The Balaban J connectivity index is 1.93. The molecule has 3 nitrogen and oxygen atoms in total. The fourth-order valence-corrected chi connectivity index (χ4v) is 1.38. The first kappa shape index (κ1) is 7.80. The number of imidazole rings is 1. The van der Waals surface area contributed by atoms with E-state index < -0.39 is 0 Å².